The highest BCUT2D eigenvalue weighted by Gasteiger charge is 2.37. The summed E-state index contributed by atoms with van der Waals surface area (Å²) in [5.74, 6) is -1.74. The summed E-state index contributed by atoms with van der Waals surface area (Å²) in [6.45, 7) is 4.33. The molecule has 3 rings (SSSR count). The van der Waals surface area contributed by atoms with E-state index in [0.717, 1.165) is 11.4 Å². The lowest BCUT2D eigenvalue weighted by Crippen LogP contribution is -2.32. The molecule has 0 saturated carbocycles. The van der Waals surface area contributed by atoms with Crippen molar-refractivity contribution in [2.45, 2.75) is 26.4 Å². The summed E-state index contributed by atoms with van der Waals surface area (Å²) in [5, 5.41) is 13.0. The van der Waals surface area contributed by atoms with Crippen LogP contribution >= 0.6 is 0 Å². The number of carbonyl (C=O) groups is 2. The lowest BCUT2D eigenvalue weighted by Gasteiger charge is -2.18. The van der Waals surface area contributed by atoms with E-state index < -0.39 is 18.1 Å². The number of hydrogen-bond donors (Lipinski definition) is 1. The van der Waals surface area contributed by atoms with E-state index in [-0.39, 0.29) is 12.5 Å². The largest absolute Gasteiger partial charge is 0.479 e. The van der Waals surface area contributed by atoms with Crippen LogP contribution < -0.4 is 0 Å². The summed E-state index contributed by atoms with van der Waals surface area (Å²) in [6.07, 6.45) is -0.0928. The predicted molar refractivity (Wildman–Crippen MR) is 88.6 cm³/mol. The minimum Gasteiger partial charge on any atom is -0.479 e. The quantitative estimate of drug-likeness (QED) is 0.912. The van der Waals surface area contributed by atoms with E-state index in [4.69, 9.17) is 5.11 Å². The Labute approximate surface area is 144 Å². The fourth-order valence-corrected chi connectivity index (χ4v) is 3.43. The number of carboxylic acids is 1. The number of aryl methyl sites for hydroxylation is 3. The molecule has 7 nitrogen and oxygen atoms in total. The van der Waals surface area contributed by atoms with Gasteiger partial charge in [-0.15, -0.1) is 0 Å². The Kier molecular flexibility index (Phi) is 4.36. The number of carboxylic acid groups (broad SMARTS) is 1. The fourth-order valence-electron chi connectivity index (χ4n) is 3.43. The topological polar surface area (TPSA) is 80.4 Å². The molecule has 1 aliphatic heterocycles. The average Bonchev–Trinajstić information content (AvgIpc) is 3.26. The molecule has 2 atom stereocenters. The first kappa shape index (κ1) is 17.2. The van der Waals surface area contributed by atoms with Crippen molar-refractivity contribution in [3.63, 3.8) is 0 Å². The van der Waals surface area contributed by atoms with E-state index in [2.05, 4.69) is 5.10 Å². The highest BCUT2D eigenvalue weighted by molar-refractivity contribution is 5.97. The number of aliphatic carboxylic acids is 1. The van der Waals surface area contributed by atoms with Crippen LogP contribution in [0.3, 0.4) is 0 Å². The Balaban J connectivity index is 1.89. The van der Waals surface area contributed by atoms with Crippen LogP contribution in [-0.4, -0.2) is 55.5 Å². The number of rotatable bonds is 4. The zero-order valence-electron chi connectivity index (χ0n) is 14.4. The number of hydrogen-bond acceptors (Lipinski definition) is 3. The molecule has 2 aromatic heterocycles. The minimum atomic E-state index is -1.94. The van der Waals surface area contributed by atoms with Crippen molar-refractivity contribution in [2.75, 3.05) is 13.1 Å². The SMILES string of the molecule is Cc1ccc(C)n1-c1c(C(=O)N2CCC(C(F)C(=O)O)C2)cnn1C. The molecule has 1 amide bonds. The summed E-state index contributed by atoms with van der Waals surface area (Å²) >= 11 is 0. The molecular weight excluding hydrogens is 327 g/mol. The number of alkyl halides is 1. The molecule has 1 fully saturated rings. The van der Waals surface area contributed by atoms with Gasteiger partial charge in [-0.25, -0.2) is 9.18 Å². The molecule has 1 saturated heterocycles. The molecule has 3 heterocycles. The Bertz CT molecular complexity index is 806. The van der Waals surface area contributed by atoms with Gasteiger partial charge in [-0.3, -0.25) is 9.48 Å². The summed E-state index contributed by atoms with van der Waals surface area (Å²) in [4.78, 5) is 25.3. The number of halogens is 1. The van der Waals surface area contributed by atoms with Crippen LogP contribution in [0.1, 0.15) is 28.2 Å². The first-order valence-corrected chi connectivity index (χ1v) is 8.14. The lowest BCUT2D eigenvalue weighted by molar-refractivity contribution is -0.144. The van der Waals surface area contributed by atoms with E-state index in [1.165, 1.54) is 11.1 Å². The summed E-state index contributed by atoms with van der Waals surface area (Å²) in [7, 11) is 1.76. The third kappa shape index (κ3) is 2.92. The molecule has 25 heavy (non-hydrogen) atoms. The monoisotopic (exact) mass is 348 g/mol. The molecule has 0 aliphatic carbocycles. The number of nitrogens with zero attached hydrogens (tertiary/aromatic N) is 4. The zero-order chi connectivity index (χ0) is 18.3. The van der Waals surface area contributed by atoms with Gasteiger partial charge >= 0.3 is 5.97 Å². The minimum absolute atomic E-state index is 0.101. The van der Waals surface area contributed by atoms with E-state index in [9.17, 15) is 14.0 Å². The van der Waals surface area contributed by atoms with Crippen LogP contribution in [0.4, 0.5) is 4.39 Å². The second-order valence-corrected chi connectivity index (χ2v) is 6.50. The molecule has 0 aromatic carbocycles. The van der Waals surface area contributed by atoms with Crippen LogP contribution in [0.5, 0.6) is 0 Å². The van der Waals surface area contributed by atoms with Gasteiger partial charge in [0.2, 0.25) is 6.17 Å². The standard InChI is InChI=1S/C17H21FN4O3/c1-10-4-5-11(2)22(10)15-13(8-19-20(15)3)16(23)21-7-6-12(9-21)14(18)17(24)25/h4-5,8,12,14H,6-7,9H2,1-3H3,(H,24,25). The average molecular weight is 348 g/mol. The van der Waals surface area contributed by atoms with Gasteiger partial charge in [0, 0.05) is 37.4 Å². The second-order valence-electron chi connectivity index (χ2n) is 6.50. The van der Waals surface area contributed by atoms with Crippen LogP contribution in [0.25, 0.3) is 5.82 Å². The van der Waals surface area contributed by atoms with E-state index in [0.29, 0.717) is 24.3 Å². The van der Waals surface area contributed by atoms with Gasteiger partial charge in [0.15, 0.2) is 0 Å². The third-order valence-electron chi connectivity index (χ3n) is 4.78. The zero-order valence-corrected chi connectivity index (χ0v) is 14.4. The van der Waals surface area contributed by atoms with Gasteiger partial charge < -0.3 is 14.6 Å². The summed E-state index contributed by atoms with van der Waals surface area (Å²) in [5.41, 5.74) is 2.38. The van der Waals surface area contributed by atoms with Gasteiger partial charge in [-0.05, 0) is 32.4 Å². The molecule has 134 valence electrons. The number of aromatic nitrogens is 3. The first-order valence-electron chi connectivity index (χ1n) is 8.14. The van der Waals surface area contributed by atoms with Crippen molar-refractivity contribution >= 4 is 11.9 Å². The van der Waals surface area contributed by atoms with Gasteiger partial charge in [-0.1, -0.05) is 0 Å². The van der Waals surface area contributed by atoms with Crippen molar-refractivity contribution in [3.8, 4) is 5.82 Å². The smallest absolute Gasteiger partial charge is 0.338 e. The normalized spacial score (nSPS) is 18.6. The van der Waals surface area contributed by atoms with Crippen LogP contribution in [0.15, 0.2) is 18.3 Å². The Morgan fingerprint density at radius 3 is 2.56 bits per heavy atom. The van der Waals surface area contributed by atoms with E-state index in [1.807, 2.05) is 30.5 Å². The molecular formula is C17H21FN4O3. The molecule has 8 heteroatoms. The fraction of sp³-hybridized carbons (Fsp3) is 0.471. The maximum absolute atomic E-state index is 13.7. The lowest BCUT2D eigenvalue weighted by atomic mass is 10.0. The van der Waals surface area contributed by atoms with Gasteiger partial charge in [0.1, 0.15) is 11.4 Å². The molecule has 0 bridgehead atoms. The van der Waals surface area contributed by atoms with Crippen LogP contribution in [0, 0.1) is 19.8 Å². The van der Waals surface area contributed by atoms with Gasteiger partial charge in [0.05, 0.1) is 6.20 Å². The number of likely N-dealkylation sites (tertiary alicyclic amines) is 1. The predicted octanol–water partition coefficient (Wildman–Crippen LogP) is 1.71. The van der Waals surface area contributed by atoms with Gasteiger partial charge in [0.25, 0.3) is 5.91 Å². The molecule has 2 unspecified atom stereocenters. The van der Waals surface area contributed by atoms with E-state index in [1.54, 1.807) is 11.7 Å². The van der Waals surface area contributed by atoms with E-state index >= 15 is 0 Å². The molecule has 1 N–H and O–H groups in total. The van der Waals surface area contributed by atoms with Crippen molar-refractivity contribution in [1.29, 1.82) is 0 Å². The van der Waals surface area contributed by atoms with Crippen molar-refractivity contribution in [3.05, 3.63) is 35.3 Å². The van der Waals surface area contributed by atoms with Crippen LogP contribution in [0.2, 0.25) is 0 Å². The number of carbonyl (C=O) groups excluding carboxylic acids is 1. The van der Waals surface area contributed by atoms with Crippen molar-refractivity contribution < 1.29 is 19.1 Å². The Morgan fingerprint density at radius 2 is 1.96 bits per heavy atom. The molecule has 0 radical (unpaired) electrons. The third-order valence-corrected chi connectivity index (χ3v) is 4.78. The first-order chi connectivity index (χ1) is 11.8. The Hall–Kier alpha value is -2.64. The number of amides is 1. The van der Waals surface area contributed by atoms with Crippen molar-refractivity contribution in [1.82, 2.24) is 19.2 Å². The maximum Gasteiger partial charge on any atom is 0.338 e. The maximum atomic E-state index is 13.7. The van der Waals surface area contributed by atoms with Crippen LogP contribution in [-0.2, 0) is 11.8 Å². The molecule has 1 aliphatic rings. The highest BCUT2D eigenvalue weighted by atomic mass is 19.1. The molecule has 2 aromatic rings. The summed E-state index contributed by atoms with van der Waals surface area (Å²) in [6, 6.07) is 3.92. The van der Waals surface area contributed by atoms with Crippen molar-refractivity contribution in [2.24, 2.45) is 13.0 Å². The second kappa shape index (κ2) is 6.34. The summed E-state index contributed by atoms with van der Waals surface area (Å²) < 4.78 is 17.3. The Morgan fingerprint density at radius 1 is 1.32 bits per heavy atom. The van der Waals surface area contributed by atoms with Gasteiger partial charge in [-0.2, -0.15) is 5.10 Å². The highest BCUT2D eigenvalue weighted by Crippen LogP contribution is 2.26. The molecule has 0 spiro atoms.